The quantitative estimate of drug-likeness (QED) is 0.858. The van der Waals surface area contributed by atoms with Gasteiger partial charge >= 0.3 is 0 Å². The topological polar surface area (TPSA) is 88.7 Å². The Balaban J connectivity index is 1.99. The molecule has 1 aromatic heterocycles. The first-order valence-electron chi connectivity index (χ1n) is 7.94. The third-order valence-corrected chi connectivity index (χ3v) is 4.20. The van der Waals surface area contributed by atoms with E-state index in [1.165, 1.54) is 0 Å². The number of pyridine rings is 1. The molecule has 1 amide bonds. The van der Waals surface area contributed by atoms with E-state index < -0.39 is 5.54 Å². The number of nitrogens with zero attached hydrogens (tertiary/aromatic N) is 2. The van der Waals surface area contributed by atoms with Gasteiger partial charge in [-0.3, -0.25) is 9.78 Å². The fourth-order valence-electron chi connectivity index (χ4n) is 2.77. The minimum atomic E-state index is -0.970. The van der Waals surface area contributed by atoms with Crippen LogP contribution in [0.3, 0.4) is 0 Å². The molecule has 0 saturated carbocycles. The van der Waals surface area contributed by atoms with E-state index in [2.05, 4.69) is 4.98 Å². The highest BCUT2D eigenvalue weighted by atomic mass is 35.5. The van der Waals surface area contributed by atoms with E-state index >= 15 is 0 Å². The number of carbonyl (C=O) groups is 1. The standard InChI is InChI=1S/C18H20ClN3O3/c1-18(2,20)17(24)22-5-6-25-16-12(10-22)7-11(8-15(16)23)14-4-3-13(19)9-21-14/h3-4,7-9,23H,5-6,10,20H2,1-2H3. The van der Waals surface area contributed by atoms with Crippen molar-refractivity contribution in [2.75, 3.05) is 13.2 Å². The molecule has 0 aliphatic carbocycles. The van der Waals surface area contributed by atoms with Crippen LogP contribution in [0.25, 0.3) is 11.3 Å². The first-order valence-corrected chi connectivity index (χ1v) is 8.32. The Morgan fingerprint density at radius 2 is 2.16 bits per heavy atom. The summed E-state index contributed by atoms with van der Waals surface area (Å²) in [6.45, 7) is 4.36. The van der Waals surface area contributed by atoms with E-state index in [-0.39, 0.29) is 11.7 Å². The Kier molecular flexibility index (Phi) is 4.58. The number of phenolic OH excluding ortho intramolecular Hbond substituents is 1. The molecule has 1 aromatic carbocycles. The van der Waals surface area contributed by atoms with Gasteiger partial charge in [0.25, 0.3) is 0 Å². The Morgan fingerprint density at radius 3 is 2.80 bits per heavy atom. The van der Waals surface area contributed by atoms with Crippen molar-refractivity contribution in [3.05, 3.63) is 41.0 Å². The largest absolute Gasteiger partial charge is 0.504 e. The van der Waals surface area contributed by atoms with Crippen LogP contribution in [0, 0.1) is 0 Å². The average Bonchev–Trinajstić information content (AvgIpc) is 2.76. The summed E-state index contributed by atoms with van der Waals surface area (Å²) in [5.74, 6) is 0.242. The number of ether oxygens (including phenoxy) is 1. The van der Waals surface area contributed by atoms with Crippen molar-refractivity contribution in [2.45, 2.75) is 25.9 Å². The van der Waals surface area contributed by atoms with Crippen LogP contribution >= 0.6 is 11.6 Å². The molecule has 3 rings (SSSR count). The van der Waals surface area contributed by atoms with Gasteiger partial charge in [-0.15, -0.1) is 0 Å². The van der Waals surface area contributed by atoms with E-state index in [9.17, 15) is 9.90 Å². The number of aromatic nitrogens is 1. The van der Waals surface area contributed by atoms with Crippen molar-refractivity contribution in [3.8, 4) is 22.8 Å². The van der Waals surface area contributed by atoms with Crippen LogP contribution in [0.2, 0.25) is 5.02 Å². The maximum Gasteiger partial charge on any atom is 0.242 e. The normalized spacial score (nSPS) is 14.5. The number of halogens is 1. The van der Waals surface area contributed by atoms with Crippen molar-refractivity contribution < 1.29 is 14.6 Å². The summed E-state index contributed by atoms with van der Waals surface area (Å²) in [6.07, 6.45) is 1.54. The number of fused-ring (bicyclic) bond motifs is 1. The summed E-state index contributed by atoms with van der Waals surface area (Å²) < 4.78 is 5.66. The van der Waals surface area contributed by atoms with Gasteiger partial charge in [-0.1, -0.05) is 11.6 Å². The van der Waals surface area contributed by atoms with Gasteiger partial charge in [-0.05, 0) is 38.1 Å². The van der Waals surface area contributed by atoms with Crippen molar-refractivity contribution in [1.82, 2.24) is 9.88 Å². The SMILES string of the molecule is CC(C)(N)C(=O)N1CCOc2c(O)cc(-c3ccc(Cl)cn3)cc2C1. The van der Waals surface area contributed by atoms with Crippen LogP contribution in [-0.4, -0.2) is 39.6 Å². The van der Waals surface area contributed by atoms with Gasteiger partial charge in [-0.25, -0.2) is 0 Å². The molecule has 0 bridgehead atoms. The Morgan fingerprint density at radius 1 is 1.40 bits per heavy atom. The number of hydrogen-bond donors (Lipinski definition) is 2. The number of amides is 1. The molecular formula is C18H20ClN3O3. The summed E-state index contributed by atoms with van der Waals surface area (Å²) >= 11 is 5.88. The summed E-state index contributed by atoms with van der Waals surface area (Å²) in [5.41, 5.74) is 7.07. The Bertz CT molecular complexity index is 800. The lowest BCUT2D eigenvalue weighted by molar-refractivity contribution is -0.136. The molecule has 0 radical (unpaired) electrons. The number of phenols is 1. The number of nitrogens with two attached hydrogens (primary N) is 1. The number of benzene rings is 1. The summed E-state index contributed by atoms with van der Waals surface area (Å²) in [4.78, 5) is 18.4. The molecule has 3 N–H and O–H groups in total. The smallest absolute Gasteiger partial charge is 0.242 e. The fourth-order valence-corrected chi connectivity index (χ4v) is 2.89. The van der Waals surface area contributed by atoms with Gasteiger partial charge in [-0.2, -0.15) is 0 Å². The highest BCUT2D eigenvalue weighted by molar-refractivity contribution is 6.30. The van der Waals surface area contributed by atoms with E-state index in [1.807, 2.05) is 6.07 Å². The molecule has 6 nitrogen and oxygen atoms in total. The first kappa shape index (κ1) is 17.5. The molecule has 2 aromatic rings. The zero-order chi connectivity index (χ0) is 18.2. The molecular weight excluding hydrogens is 342 g/mol. The second-order valence-corrected chi connectivity index (χ2v) is 7.08. The molecule has 0 atom stereocenters. The van der Waals surface area contributed by atoms with Crippen molar-refractivity contribution in [2.24, 2.45) is 5.73 Å². The summed E-state index contributed by atoms with van der Waals surface area (Å²) in [5, 5.41) is 10.9. The Hall–Kier alpha value is -2.31. The van der Waals surface area contributed by atoms with Crippen LogP contribution in [0.15, 0.2) is 30.5 Å². The molecule has 132 valence electrons. The molecule has 0 unspecified atom stereocenters. The maximum atomic E-state index is 12.5. The van der Waals surface area contributed by atoms with E-state index in [1.54, 1.807) is 43.1 Å². The zero-order valence-electron chi connectivity index (χ0n) is 14.1. The van der Waals surface area contributed by atoms with Gasteiger partial charge in [0.15, 0.2) is 11.5 Å². The monoisotopic (exact) mass is 361 g/mol. The minimum Gasteiger partial charge on any atom is -0.504 e. The van der Waals surface area contributed by atoms with Gasteiger partial charge in [0.1, 0.15) is 6.61 Å². The summed E-state index contributed by atoms with van der Waals surface area (Å²) in [6, 6.07) is 6.96. The van der Waals surface area contributed by atoms with Gasteiger partial charge in [0.2, 0.25) is 5.91 Å². The molecule has 1 aliphatic heterocycles. The van der Waals surface area contributed by atoms with E-state index in [0.717, 1.165) is 5.56 Å². The van der Waals surface area contributed by atoms with Crippen LogP contribution in [0.5, 0.6) is 11.5 Å². The fraction of sp³-hybridized carbons (Fsp3) is 0.333. The average molecular weight is 362 g/mol. The minimum absolute atomic E-state index is 0.0190. The highest BCUT2D eigenvalue weighted by Gasteiger charge is 2.30. The van der Waals surface area contributed by atoms with Crippen LogP contribution in [-0.2, 0) is 11.3 Å². The third kappa shape index (κ3) is 3.70. The predicted octanol–water partition coefficient (Wildman–Crippen LogP) is 2.57. The number of carbonyl (C=O) groups excluding carboxylic acids is 1. The lowest BCUT2D eigenvalue weighted by atomic mass is 10.0. The van der Waals surface area contributed by atoms with Crippen molar-refractivity contribution in [3.63, 3.8) is 0 Å². The van der Waals surface area contributed by atoms with E-state index in [0.29, 0.717) is 41.7 Å². The second-order valence-electron chi connectivity index (χ2n) is 6.64. The molecule has 2 heterocycles. The lowest BCUT2D eigenvalue weighted by Crippen LogP contribution is -2.51. The Labute approximate surface area is 151 Å². The van der Waals surface area contributed by atoms with Gasteiger partial charge in [0.05, 0.1) is 22.8 Å². The second kappa shape index (κ2) is 6.54. The zero-order valence-corrected chi connectivity index (χ0v) is 14.9. The highest BCUT2D eigenvalue weighted by Crippen LogP contribution is 2.37. The van der Waals surface area contributed by atoms with Crippen LogP contribution < -0.4 is 10.5 Å². The van der Waals surface area contributed by atoms with Crippen molar-refractivity contribution in [1.29, 1.82) is 0 Å². The molecule has 7 heteroatoms. The maximum absolute atomic E-state index is 12.5. The van der Waals surface area contributed by atoms with Gasteiger partial charge < -0.3 is 20.5 Å². The summed E-state index contributed by atoms with van der Waals surface area (Å²) in [7, 11) is 0. The number of hydrogen-bond acceptors (Lipinski definition) is 5. The third-order valence-electron chi connectivity index (χ3n) is 3.98. The molecule has 1 aliphatic rings. The van der Waals surface area contributed by atoms with Crippen LogP contribution in [0.1, 0.15) is 19.4 Å². The van der Waals surface area contributed by atoms with Crippen molar-refractivity contribution >= 4 is 17.5 Å². The first-order chi connectivity index (χ1) is 11.8. The lowest BCUT2D eigenvalue weighted by Gasteiger charge is -2.27. The molecule has 25 heavy (non-hydrogen) atoms. The van der Waals surface area contributed by atoms with E-state index in [4.69, 9.17) is 22.1 Å². The number of rotatable bonds is 2. The van der Waals surface area contributed by atoms with Gasteiger partial charge in [0, 0.05) is 23.9 Å². The van der Waals surface area contributed by atoms with Crippen LogP contribution in [0.4, 0.5) is 0 Å². The molecule has 0 fully saturated rings. The number of aromatic hydroxyl groups is 1. The molecule has 0 spiro atoms. The molecule has 0 saturated heterocycles. The predicted molar refractivity (Wildman–Crippen MR) is 95.5 cm³/mol.